The maximum Gasteiger partial charge on any atom is 0.269 e. The minimum atomic E-state index is -0.410. The van der Waals surface area contributed by atoms with Crippen molar-refractivity contribution in [3.63, 3.8) is 0 Å². The third kappa shape index (κ3) is 3.09. The molecule has 0 atom stereocenters. The summed E-state index contributed by atoms with van der Waals surface area (Å²) >= 11 is 0. The number of hydrogen-bond donors (Lipinski definition) is 0. The summed E-state index contributed by atoms with van der Waals surface area (Å²) < 4.78 is 3.74. The first-order valence-electron chi connectivity index (χ1n) is 7.71. The van der Waals surface area contributed by atoms with Crippen LogP contribution in [0.1, 0.15) is 11.3 Å². The molecule has 0 amide bonds. The second-order valence-corrected chi connectivity index (χ2v) is 5.69. The van der Waals surface area contributed by atoms with Gasteiger partial charge in [-0.2, -0.15) is 0 Å². The number of nitrogens with zero attached hydrogens (tertiary/aromatic N) is 6. The SMILES string of the molecule is O=[N+]([O-])c1ccc(Cn2cc(Cn3cnc4ccccc43)nn2)cc1. The topological polar surface area (TPSA) is 91.7 Å². The van der Waals surface area contributed by atoms with Crippen molar-refractivity contribution in [2.75, 3.05) is 0 Å². The summed E-state index contributed by atoms with van der Waals surface area (Å²) in [6.45, 7) is 1.09. The first-order chi connectivity index (χ1) is 12.2. The molecule has 8 heteroatoms. The lowest BCUT2D eigenvalue weighted by Crippen LogP contribution is -2.00. The van der Waals surface area contributed by atoms with Crippen molar-refractivity contribution >= 4 is 16.7 Å². The molecule has 0 fully saturated rings. The standard InChI is InChI=1S/C17H14N6O2/c24-23(25)15-7-5-13(6-8-15)9-22-11-14(19-20-22)10-21-12-18-16-3-1-2-4-17(16)21/h1-8,11-12H,9-10H2. The Kier molecular flexibility index (Phi) is 3.70. The number of aromatic nitrogens is 5. The summed E-state index contributed by atoms with van der Waals surface area (Å²) in [7, 11) is 0. The van der Waals surface area contributed by atoms with E-state index in [1.807, 2.05) is 35.0 Å². The lowest BCUT2D eigenvalue weighted by molar-refractivity contribution is -0.384. The number of rotatable bonds is 5. The second-order valence-electron chi connectivity index (χ2n) is 5.69. The third-order valence-corrected chi connectivity index (χ3v) is 3.94. The van der Waals surface area contributed by atoms with Gasteiger partial charge in [0.05, 0.1) is 41.6 Å². The van der Waals surface area contributed by atoms with Gasteiger partial charge in [0.1, 0.15) is 5.69 Å². The Morgan fingerprint density at radius 1 is 1.04 bits per heavy atom. The summed E-state index contributed by atoms with van der Waals surface area (Å²) in [5.74, 6) is 0. The smallest absolute Gasteiger partial charge is 0.269 e. The normalized spacial score (nSPS) is 11.0. The van der Waals surface area contributed by atoms with Gasteiger partial charge in [0.2, 0.25) is 0 Å². The van der Waals surface area contributed by atoms with E-state index >= 15 is 0 Å². The predicted molar refractivity (Wildman–Crippen MR) is 91.1 cm³/mol. The summed E-state index contributed by atoms with van der Waals surface area (Å²) in [5, 5.41) is 19.0. The Morgan fingerprint density at radius 3 is 2.64 bits per heavy atom. The zero-order chi connectivity index (χ0) is 17.2. The van der Waals surface area contributed by atoms with Gasteiger partial charge >= 0.3 is 0 Å². The Bertz CT molecular complexity index is 1030. The summed E-state index contributed by atoms with van der Waals surface area (Å²) in [4.78, 5) is 14.6. The number of fused-ring (bicyclic) bond motifs is 1. The van der Waals surface area contributed by atoms with Gasteiger partial charge in [-0.05, 0) is 17.7 Å². The molecule has 0 aliphatic heterocycles. The number of imidazole rings is 1. The minimum Gasteiger partial charge on any atom is -0.324 e. The van der Waals surface area contributed by atoms with Crippen LogP contribution >= 0.6 is 0 Å². The molecule has 4 aromatic rings. The van der Waals surface area contributed by atoms with Gasteiger partial charge in [0.15, 0.2) is 0 Å². The highest BCUT2D eigenvalue weighted by Gasteiger charge is 2.08. The van der Waals surface area contributed by atoms with Crippen molar-refractivity contribution in [3.05, 3.63) is 82.4 Å². The van der Waals surface area contributed by atoms with E-state index in [9.17, 15) is 10.1 Å². The van der Waals surface area contributed by atoms with E-state index in [1.165, 1.54) is 12.1 Å². The number of benzene rings is 2. The molecule has 0 spiro atoms. The Labute approximate surface area is 142 Å². The molecule has 0 aliphatic rings. The molecule has 124 valence electrons. The van der Waals surface area contributed by atoms with E-state index in [1.54, 1.807) is 23.1 Å². The van der Waals surface area contributed by atoms with Crippen molar-refractivity contribution in [3.8, 4) is 0 Å². The highest BCUT2D eigenvalue weighted by Crippen LogP contribution is 2.14. The van der Waals surface area contributed by atoms with Crippen LogP contribution in [0.25, 0.3) is 11.0 Å². The molecule has 0 saturated heterocycles. The summed E-state index contributed by atoms with van der Waals surface area (Å²) in [5.41, 5.74) is 3.82. The van der Waals surface area contributed by atoms with Crippen LogP contribution in [0, 0.1) is 10.1 Å². The first kappa shape index (κ1) is 15.0. The van der Waals surface area contributed by atoms with Crippen LogP contribution in [0.2, 0.25) is 0 Å². The molecule has 0 bridgehead atoms. The molecular weight excluding hydrogens is 320 g/mol. The van der Waals surface area contributed by atoms with Gasteiger partial charge in [-0.25, -0.2) is 9.67 Å². The first-order valence-corrected chi connectivity index (χ1v) is 7.71. The van der Waals surface area contributed by atoms with E-state index in [4.69, 9.17) is 0 Å². The fraction of sp³-hybridized carbons (Fsp3) is 0.118. The molecule has 2 aromatic carbocycles. The summed E-state index contributed by atoms with van der Waals surface area (Å²) in [6, 6.07) is 14.4. The fourth-order valence-corrected chi connectivity index (χ4v) is 2.71. The van der Waals surface area contributed by atoms with Gasteiger partial charge in [0, 0.05) is 12.1 Å². The number of nitro groups is 1. The molecule has 0 radical (unpaired) electrons. The third-order valence-electron chi connectivity index (χ3n) is 3.94. The molecule has 2 heterocycles. The average Bonchev–Trinajstić information content (AvgIpc) is 3.23. The Morgan fingerprint density at radius 2 is 1.84 bits per heavy atom. The van der Waals surface area contributed by atoms with Crippen molar-refractivity contribution in [2.24, 2.45) is 0 Å². The molecular formula is C17H14N6O2. The van der Waals surface area contributed by atoms with E-state index in [0.29, 0.717) is 13.1 Å². The van der Waals surface area contributed by atoms with Crippen molar-refractivity contribution in [1.82, 2.24) is 24.5 Å². The lowest BCUT2D eigenvalue weighted by atomic mass is 10.2. The summed E-state index contributed by atoms with van der Waals surface area (Å²) in [6.07, 6.45) is 3.66. The number of para-hydroxylation sites is 2. The van der Waals surface area contributed by atoms with Crippen LogP contribution in [0.3, 0.4) is 0 Å². The number of hydrogen-bond acceptors (Lipinski definition) is 5. The maximum atomic E-state index is 10.7. The zero-order valence-corrected chi connectivity index (χ0v) is 13.2. The monoisotopic (exact) mass is 334 g/mol. The quantitative estimate of drug-likeness (QED) is 0.413. The Hall–Kier alpha value is -3.55. The average molecular weight is 334 g/mol. The minimum absolute atomic E-state index is 0.0787. The Balaban J connectivity index is 1.49. The molecule has 0 aliphatic carbocycles. The highest BCUT2D eigenvalue weighted by molar-refractivity contribution is 5.74. The van der Waals surface area contributed by atoms with Crippen molar-refractivity contribution in [2.45, 2.75) is 13.1 Å². The van der Waals surface area contributed by atoms with E-state index in [0.717, 1.165) is 22.3 Å². The van der Waals surface area contributed by atoms with Crippen LogP contribution < -0.4 is 0 Å². The molecule has 0 saturated carbocycles. The van der Waals surface area contributed by atoms with Gasteiger partial charge in [-0.15, -0.1) is 5.10 Å². The zero-order valence-electron chi connectivity index (χ0n) is 13.2. The van der Waals surface area contributed by atoms with Gasteiger partial charge in [-0.1, -0.05) is 29.5 Å². The largest absolute Gasteiger partial charge is 0.324 e. The predicted octanol–water partition coefficient (Wildman–Crippen LogP) is 2.63. The second kappa shape index (κ2) is 6.16. The number of nitro benzene ring substituents is 1. The molecule has 8 nitrogen and oxygen atoms in total. The van der Waals surface area contributed by atoms with Gasteiger partial charge in [0.25, 0.3) is 5.69 Å². The highest BCUT2D eigenvalue weighted by atomic mass is 16.6. The van der Waals surface area contributed by atoms with E-state index < -0.39 is 4.92 Å². The molecule has 0 N–H and O–H groups in total. The fourth-order valence-electron chi connectivity index (χ4n) is 2.71. The van der Waals surface area contributed by atoms with Crippen LogP contribution in [0.15, 0.2) is 61.1 Å². The van der Waals surface area contributed by atoms with Crippen LogP contribution in [0.4, 0.5) is 5.69 Å². The van der Waals surface area contributed by atoms with Crippen molar-refractivity contribution < 1.29 is 4.92 Å². The maximum absolute atomic E-state index is 10.7. The number of non-ortho nitro benzene ring substituents is 1. The van der Waals surface area contributed by atoms with Crippen LogP contribution in [-0.4, -0.2) is 29.5 Å². The molecule has 25 heavy (non-hydrogen) atoms. The molecule has 0 unspecified atom stereocenters. The van der Waals surface area contributed by atoms with Gasteiger partial charge < -0.3 is 4.57 Å². The van der Waals surface area contributed by atoms with Crippen molar-refractivity contribution in [1.29, 1.82) is 0 Å². The van der Waals surface area contributed by atoms with E-state index in [-0.39, 0.29) is 5.69 Å². The van der Waals surface area contributed by atoms with Gasteiger partial charge in [-0.3, -0.25) is 10.1 Å². The lowest BCUT2D eigenvalue weighted by Gasteiger charge is -2.01. The van der Waals surface area contributed by atoms with Crippen LogP contribution in [-0.2, 0) is 13.1 Å². The molecule has 2 aromatic heterocycles. The molecule has 4 rings (SSSR count). The van der Waals surface area contributed by atoms with E-state index in [2.05, 4.69) is 15.3 Å². The van der Waals surface area contributed by atoms with Crippen LogP contribution in [0.5, 0.6) is 0 Å².